The predicted molar refractivity (Wildman–Crippen MR) is 91.8 cm³/mol. The molecule has 3 rings (SSSR count). The maximum Gasteiger partial charge on any atom is 0.262 e. The number of hydrogen-bond acceptors (Lipinski definition) is 3. The lowest BCUT2D eigenvalue weighted by molar-refractivity contribution is -0.118. The van der Waals surface area contributed by atoms with Crippen LogP contribution in [0.1, 0.15) is 11.3 Å². The van der Waals surface area contributed by atoms with Crippen LogP contribution in [0.3, 0.4) is 0 Å². The lowest BCUT2D eigenvalue weighted by Gasteiger charge is -2.10. The van der Waals surface area contributed by atoms with Crippen molar-refractivity contribution in [2.45, 2.75) is 13.8 Å². The Bertz CT molecular complexity index is 859. The molecule has 1 amide bonds. The van der Waals surface area contributed by atoms with E-state index in [9.17, 15) is 4.79 Å². The molecule has 23 heavy (non-hydrogen) atoms. The summed E-state index contributed by atoms with van der Waals surface area (Å²) in [6.45, 7) is 3.90. The number of rotatable bonds is 4. The van der Waals surface area contributed by atoms with Crippen LogP contribution in [0, 0.1) is 13.8 Å². The van der Waals surface area contributed by atoms with Gasteiger partial charge in [-0.2, -0.15) is 0 Å². The summed E-state index contributed by atoms with van der Waals surface area (Å²) in [4.78, 5) is 16.6. The highest BCUT2D eigenvalue weighted by Gasteiger charge is 2.07. The van der Waals surface area contributed by atoms with E-state index in [0.717, 1.165) is 27.8 Å². The Balaban J connectivity index is 1.70. The number of ether oxygens (including phenoxy) is 1. The van der Waals surface area contributed by atoms with Gasteiger partial charge < -0.3 is 10.1 Å². The third-order valence-electron chi connectivity index (χ3n) is 3.50. The molecule has 116 valence electrons. The van der Waals surface area contributed by atoms with Crippen molar-refractivity contribution >= 4 is 22.5 Å². The summed E-state index contributed by atoms with van der Waals surface area (Å²) >= 11 is 0. The summed E-state index contributed by atoms with van der Waals surface area (Å²) in [6, 6.07) is 17.2. The van der Waals surface area contributed by atoms with Gasteiger partial charge in [-0.25, -0.2) is 0 Å². The van der Waals surface area contributed by atoms with Gasteiger partial charge in [0.15, 0.2) is 6.61 Å². The minimum Gasteiger partial charge on any atom is -0.484 e. The molecule has 0 fully saturated rings. The van der Waals surface area contributed by atoms with Crippen molar-refractivity contribution in [1.82, 2.24) is 4.98 Å². The quantitative estimate of drug-likeness (QED) is 0.796. The van der Waals surface area contributed by atoms with Crippen molar-refractivity contribution in [3.05, 3.63) is 65.9 Å². The van der Waals surface area contributed by atoms with Crippen LogP contribution in [0.25, 0.3) is 10.9 Å². The van der Waals surface area contributed by atoms with Gasteiger partial charge in [0, 0.05) is 11.1 Å². The zero-order valence-electron chi connectivity index (χ0n) is 13.2. The summed E-state index contributed by atoms with van der Waals surface area (Å²) in [7, 11) is 0. The van der Waals surface area contributed by atoms with Crippen molar-refractivity contribution in [1.29, 1.82) is 0 Å². The second kappa shape index (κ2) is 6.48. The molecule has 0 spiro atoms. The highest BCUT2D eigenvalue weighted by Crippen LogP contribution is 2.22. The van der Waals surface area contributed by atoms with Crippen LogP contribution < -0.4 is 10.1 Å². The van der Waals surface area contributed by atoms with E-state index >= 15 is 0 Å². The van der Waals surface area contributed by atoms with Crippen LogP contribution >= 0.6 is 0 Å². The normalized spacial score (nSPS) is 10.5. The van der Waals surface area contributed by atoms with Gasteiger partial charge in [0.05, 0.1) is 11.2 Å². The van der Waals surface area contributed by atoms with Crippen LogP contribution in [-0.4, -0.2) is 17.5 Å². The number of benzene rings is 2. The maximum atomic E-state index is 12.1. The van der Waals surface area contributed by atoms with E-state index in [1.807, 2.05) is 68.4 Å². The number of aryl methyl sites for hydroxylation is 2. The molecule has 2 aromatic carbocycles. The first kappa shape index (κ1) is 15.0. The van der Waals surface area contributed by atoms with Crippen LogP contribution in [0.5, 0.6) is 5.75 Å². The summed E-state index contributed by atoms with van der Waals surface area (Å²) < 4.78 is 5.52. The van der Waals surface area contributed by atoms with Gasteiger partial charge in [0.25, 0.3) is 5.91 Å². The molecule has 1 heterocycles. The van der Waals surface area contributed by atoms with Gasteiger partial charge in [-0.05, 0) is 55.8 Å². The number of pyridine rings is 1. The molecule has 0 aliphatic rings. The van der Waals surface area contributed by atoms with Gasteiger partial charge in [-0.1, -0.05) is 18.2 Å². The molecule has 0 radical (unpaired) electrons. The third kappa shape index (κ3) is 3.66. The third-order valence-corrected chi connectivity index (χ3v) is 3.50. The Kier molecular flexibility index (Phi) is 4.24. The van der Waals surface area contributed by atoms with E-state index in [2.05, 4.69) is 10.3 Å². The summed E-state index contributed by atoms with van der Waals surface area (Å²) in [5.41, 5.74) is 3.65. The Morgan fingerprint density at radius 2 is 1.91 bits per heavy atom. The number of aromatic nitrogens is 1. The first-order valence-corrected chi connectivity index (χ1v) is 7.47. The SMILES string of the molecule is Cc1cccc(OCC(=O)Nc2cccc3nc(C)ccc23)c1. The fraction of sp³-hybridized carbons (Fsp3) is 0.158. The van der Waals surface area contributed by atoms with Crippen molar-refractivity contribution in [3.63, 3.8) is 0 Å². The molecule has 0 saturated carbocycles. The molecule has 4 nitrogen and oxygen atoms in total. The van der Waals surface area contributed by atoms with Crippen molar-refractivity contribution < 1.29 is 9.53 Å². The zero-order chi connectivity index (χ0) is 16.2. The summed E-state index contributed by atoms with van der Waals surface area (Å²) in [6.07, 6.45) is 0. The van der Waals surface area contributed by atoms with Crippen molar-refractivity contribution in [2.75, 3.05) is 11.9 Å². The molecule has 0 bridgehead atoms. The molecule has 0 aliphatic heterocycles. The van der Waals surface area contributed by atoms with Crippen molar-refractivity contribution in [2.24, 2.45) is 0 Å². The van der Waals surface area contributed by atoms with Gasteiger partial charge >= 0.3 is 0 Å². The van der Waals surface area contributed by atoms with Crippen molar-refractivity contribution in [3.8, 4) is 5.75 Å². The average molecular weight is 306 g/mol. The molecule has 0 atom stereocenters. The van der Waals surface area contributed by atoms with Gasteiger partial charge in [-0.15, -0.1) is 0 Å². The van der Waals surface area contributed by atoms with Gasteiger partial charge in [0.2, 0.25) is 0 Å². The van der Waals surface area contributed by atoms with E-state index in [-0.39, 0.29) is 12.5 Å². The van der Waals surface area contributed by atoms with Crippen LogP contribution in [0.4, 0.5) is 5.69 Å². The lowest BCUT2D eigenvalue weighted by atomic mass is 10.1. The Hall–Kier alpha value is -2.88. The number of carbonyl (C=O) groups excluding carboxylic acids is 1. The van der Waals surface area contributed by atoms with Crippen LogP contribution in [-0.2, 0) is 4.79 Å². The Morgan fingerprint density at radius 3 is 2.74 bits per heavy atom. The molecule has 3 aromatic rings. The summed E-state index contributed by atoms with van der Waals surface area (Å²) in [5.74, 6) is 0.495. The second-order valence-electron chi connectivity index (χ2n) is 5.48. The van der Waals surface area contributed by atoms with Gasteiger partial charge in [-0.3, -0.25) is 9.78 Å². The highest BCUT2D eigenvalue weighted by atomic mass is 16.5. The topological polar surface area (TPSA) is 51.2 Å². The molecule has 1 aromatic heterocycles. The van der Waals surface area contributed by atoms with E-state index in [1.165, 1.54) is 0 Å². The Labute approximate surface area is 135 Å². The number of carbonyl (C=O) groups is 1. The number of nitrogens with one attached hydrogen (secondary N) is 1. The molecular weight excluding hydrogens is 288 g/mol. The molecule has 0 saturated heterocycles. The number of nitrogens with zero attached hydrogens (tertiary/aromatic N) is 1. The minimum atomic E-state index is -0.195. The smallest absolute Gasteiger partial charge is 0.262 e. The fourth-order valence-electron chi connectivity index (χ4n) is 2.41. The predicted octanol–water partition coefficient (Wildman–Crippen LogP) is 3.87. The number of anilines is 1. The zero-order valence-corrected chi connectivity index (χ0v) is 13.2. The lowest BCUT2D eigenvalue weighted by Crippen LogP contribution is -2.20. The van der Waals surface area contributed by atoms with Crippen LogP contribution in [0.15, 0.2) is 54.6 Å². The fourth-order valence-corrected chi connectivity index (χ4v) is 2.41. The highest BCUT2D eigenvalue weighted by molar-refractivity contribution is 6.01. The van der Waals surface area contributed by atoms with E-state index in [0.29, 0.717) is 5.75 Å². The standard InChI is InChI=1S/C19H18N2O2/c1-13-5-3-6-15(11-13)23-12-19(22)21-18-8-4-7-17-16(18)10-9-14(2)20-17/h3-11H,12H2,1-2H3,(H,21,22). The second-order valence-corrected chi connectivity index (χ2v) is 5.48. The number of fused-ring (bicyclic) bond motifs is 1. The first-order valence-electron chi connectivity index (χ1n) is 7.47. The largest absolute Gasteiger partial charge is 0.484 e. The first-order chi connectivity index (χ1) is 11.1. The van der Waals surface area contributed by atoms with E-state index in [1.54, 1.807) is 0 Å². The maximum absolute atomic E-state index is 12.1. The van der Waals surface area contributed by atoms with Gasteiger partial charge in [0.1, 0.15) is 5.75 Å². The van der Waals surface area contributed by atoms with Crippen LogP contribution in [0.2, 0.25) is 0 Å². The van der Waals surface area contributed by atoms with E-state index < -0.39 is 0 Å². The number of hydrogen-bond donors (Lipinski definition) is 1. The molecule has 0 unspecified atom stereocenters. The minimum absolute atomic E-state index is 0.0286. The molecule has 4 heteroatoms. The Morgan fingerprint density at radius 1 is 1.09 bits per heavy atom. The molecular formula is C19H18N2O2. The molecule has 0 aliphatic carbocycles. The monoisotopic (exact) mass is 306 g/mol. The number of amides is 1. The summed E-state index contributed by atoms with van der Waals surface area (Å²) in [5, 5.41) is 3.80. The average Bonchev–Trinajstić information content (AvgIpc) is 2.53. The molecule has 1 N–H and O–H groups in total. The van der Waals surface area contributed by atoms with E-state index in [4.69, 9.17) is 4.74 Å².